The first-order valence-electron chi connectivity index (χ1n) is 4.60. The largest absolute Gasteiger partial charge is 0.480 e. The Morgan fingerprint density at radius 2 is 2.00 bits per heavy atom. The van der Waals surface area contributed by atoms with Crippen LogP contribution in [0, 0.1) is 0 Å². The molecule has 0 radical (unpaired) electrons. The summed E-state index contributed by atoms with van der Waals surface area (Å²) in [5, 5.41) is 12.2. The summed E-state index contributed by atoms with van der Waals surface area (Å²) in [6.45, 7) is 4.57. The Hall–Kier alpha value is -0.220. The van der Waals surface area contributed by atoms with E-state index >= 15 is 0 Å². The molecule has 0 spiro atoms. The van der Waals surface area contributed by atoms with Crippen molar-refractivity contribution in [1.29, 1.82) is 0 Å². The second kappa shape index (κ2) is 6.27. The van der Waals surface area contributed by atoms with Gasteiger partial charge in [0.05, 0.1) is 0 Å². The summed E-state index contributed by atoms with van der Waals surface area (Å²) in [4.78, 5) is 11.0. The Morgan fingerprint density at radius 1 is 1.46 bits per heavy atom. The SMILES string of the molecule is CCC(CC)(NCCSC)C(=O)O. The Morgan fingerprint density at radius 3 is 2.31 bits per heavy atom. The Bertz CT molecular complexity index is 158. The number of rotatable bonds is 7. The van der Waals surface area contributed by atoms with Crippen molar-refractivity contribution >= 4 is 17.7 Å². The molecule has 0 aromatic carbocycles. The molecule has 0 aromatic rings. The Labute approximate surface area is 84.3 Å². The molecule has 0 saturated carbocycles. The lowest BCUT2D eigenvalue weighted by molar-refractivity contribution is -0.145. The van der Waals surface area contributed by atoms with E-state index in [0.29, 0.717) is 12.8 Å². The first kappa shape index (κ1) is 12.8. The van der Waals surface area contributed by atoms with Crippen molar-refractivity contribution in [1.82, 2.24) is 5.32 Å². The highest BCUT2D eigenvalue weighted by molar-refractivity contribution is 7.98. The molecular formula is C9H19NO2S. The van der Waals surface area contributed by atoms with Gasteiger partial charge in [-0.05, 0) is 19.1 Å². The summed E-state index contributed by atoms with van der Waals surface area (Å²) in [7, 11) is 0. The van der Waals surface area contributed by atoms with Crippen molar-refractivity contribution in [3.63, 3.8) is 0 Å². The predicted octanol–water partition coefficient (Wildman–Crippen LogP) is 1.58. The minimum Gasteiger partial charge on any atom is -0.480 e. The molecule has 0 atom stereocenters. The third-order valence-corrected chi connectivity index (χ3v) is 3.00. The second-order valence-corrected chi connectivity index (χ2v) is 4.00. The van der Waals surface area contributed by atoms with Crippen LogP contribution in [-0.4, -0.2) is 35.2 Å². The summed E-state index contributed by atoms with van der Waals surface area (Å²) < 4.78 is 0. The van der Waals surface area contributed by atoms with Crippen LogP contribution in [0.1, 0.15) is 26.7 Å². The van der Waals surface area contributed by atoms with Gasteiger partial charge in [-0.1, -0.05) is 13.8 Å². The third-order valence-electron chi connectivity index (χ3n) is 2.39. The fourth-order valence-corrected chi connectivity index (χ4v) is 1.58. The van der Waals surface area contributed by atoms with Gasteiger partial charge >= 0.3 is 5.97 Å². The van der Waals surface area contributed by atoms with Gasteiger partial charge in [0.1, 0.15) is 5.54 Å². The highest BCUT2D eigenvalue weighted by Crippen LogP contribution is 2.15. The number of aliphatic carboxylic acids is 1. The quantitative estimate of drug-likeness (QED) is 0.620. The standard InChI is InChI=1S/C9H19NO2S/c1-4-9(5-2,8(11)12)10-6-7-13-3/h10H,4-7H2,1-3H3,(H,11,12). The van der Waals surface area contributed by atoms with Crippen LogP contribution >= 0.6 is 11.8 Å². The lowest BCUT2D eigenvalue weighted by Crippen LogP contribution is -2.51. The normalized spacial score (nSPS) is 11.6. The van der Waals surface area contributed by atoms with E-state index in [1.54, 1.807) is 11.8 Å². The maximum atomic E-state index is 11.0. The highest BCUT2D eigenvalue weighted by atomic mass is 32.2. The van der Waals surface area contributed by atoms with Crippen LogP contribution in [0.25, 0.3) is 0 Å². The van der Waals surface area contributed by atoms with Crippen LogP contribution in [0.4, 0.5) is 0 Å². The van der Waals surface area contributed by atoms with Gasteiger partial charge in [0.2, 0.25) is 0 Å². The first-order valence-corrected chi connectivity index (χ1v) is 5.99. The first-order chi connectivity index (χ1) is 6.13. The molecule has 0 aromatic heterocycles. The minimum atomic E-state index is -0.737. The van der Waals surface area contributed by atoms with Gasteiger partial charge in [-0.15, -0.1) is 0 Å². The van der Waals surface area contributed by atoms with E-state index < -0.39 is 11.5 Å². The van der Waals surface area contributed by atoms with Gasteiger partial charge in [0, 0.05) is 12.3 Å². The average Bonchev–Trinajstić information content (AvgIpc) is 2.13. The highest BCUT2D eigenvalue weighted by Gasteiger charge is 2.33. The fourth-order valence-electron chi connectivity index (χ4n) is 1.27. The molecule has 0 heterocycles. The molecule has 0 fully saturated rings. The number of hydrogen-bond acceptors (Lipinski definition) is 3. The van der Waals surface area contributed by atoms with E-state index in [4.69, 9.17) is 5.11 Å². The molecule has 0 aliphatic heterocycles. The van der Waals surface area contributed by atoms with Gasteiger partial charge in [-0.3, -0.25) is 4.79 Å². The molecule has 13 heavy (non-hydrogen) atoms. The zero-order valence-electron chi connectivity index (χ0n) is 8.59. The van der Waals surface area contributed by atoms with E-state index in [0.717, 1.165) is 12.3 Å². The van der Waals surface area contributed by atoms with Crippen LogP contribution < -0.4 is 5.32 Å². The van der Waals surface area contributed by atoms with Crippen LogP contribution in [0.15, 0.2) is 0 Å². The minimum absolute atomic E-state index is 0.632. The van der Waals surface area contributed by atoms with Crippen molar-refractivity contribution in [2.24, 2.45) is 0 Å². The van der Waals surface area contributed by atoms with Crippen molar-refractivity contribution in [2.45, 2.75) is 32.2 Å². The molecule has 0 amide bonds. The van der Waals surface area contributed by atoms with Crippen molar-refractivity contribution in [2.75, 3.05) is 18.6 Å². The molecule has 2 N–H and O–H groups in total. The summed E-state index contributed by atoms with van der Waals surface area (Å²) in [5.74, 6) is 0.216. The fraction of sp³-hybridized carbons (Fsp3) is 0.889. The van der Waals surface area contributed by atoms with E-state index in [-0.39, 0.29) is 0 Å². The molecule has 0 aliphatic carbocycles. The summed E-state index contributed by atoms with van der Waals surface area (Å²) in [5.41, 5.74) is -0.713. The number of nitrogens with one attached hydrogen (secondary N) is 1. The summed E-state index contributed by atoms with van der Waals surface area (Å²) >= 11 is 1.72. The van der Waals surface area contributed by atoms with Gasteiger partial charge in [0.15, 0.2) is 0 Å². The predicted molar refractivity (Wildman–Crippen MR) is 57.3 cm³/mol. The van der Waals surface area contributed by atoms with E-state index in [1.165, 1.54) is 0 Å². The molecule has 0 unspecified atom stereocenters. The van der Waals surface area contributed by atoms with Gasteiger partial charge in [-0.25, -0.2) is 0 Å². The lowest BCUT2D eigenvalue weighted by atomic mass is 9.93. The van der Waals surface area contributed by atoms with Crippen molar-refractivity contribution in [3.8, 4) is 0 Å². The van der Waals surface area contributed by atoms with Crippen LogP contribution in [-0.2, 0) is 4.79 Å². The maximum Gasteiger partial charge on any atom is 0.323 e. The summed E-state index contributed by atoms with van der Waals surface area (Å²) in [6, 6.07) is 0. The molecule has 0 aliphatic rings. The number of thioether (sulfide) groups is 1. The number of hydrogen-bond donors (Lipinski definition) is 2. The maximum absolute atomic E-state index is 11.0. The summed E-state index contributed by atoms with van der Waals surface area (Å²) in [6.07, 6.45) is 3.28. The third kappa shape index (κ3) is 3.56. The molecule has 78 valence electrons. The lowest BCUT2D eigenvalue weighted by Gasteiger charge is -2.28. The average molecular weight is 205 g/mol. The Balaban J connectivity index is 4.14. The van der Waals surface area contributed by atoms with Gasteiger partial charge < -0.3 is 10.4 Å². The number of carboxylic acids is 1. The zero-order chi connectivity index (χ0) is 10.3. The van der Waals surface area contributed by atoms with E-state index in [2.05, 4.69) is 5.32 Å². The zero-order valence-corrected chi connectivity index (χ0v) is 9.41. The molecular weight excluding hydrogens is 186 g/mol. The van der Waals surface area contributed by atoms with Crippen molar-refractivity contribution in [3.05, 3.63) is 0 Å². The smallest absolute Gasteiger partial charge is 0.323 e. The van der Waals surface area contributed by atoms with Crippen LogP contribution in [0.2, 0.25) is 0 Å². The van der Waals surface area contributed by atoms with E-state index in [1.807, 2.05) is 20.1 Å². The van der Waals surface area contributed by atoms with Gasteiger partial charge in [-0.2, -0.15) is 11.8 Å². The molecule has 0 bridgehead atoms. The van der Waals surface area contributed by atoms with Crippen LogP contribution in [0.3, 0.4) is 0 Å². The van der Waals surface area contributed by atoms with E-state index in [9.17, 15) is 4.79 Å². The monoisotopic (exact) mass is 205 g/mol. The Kier molecular flexibility index (Phi) is 6.16. The molecule has 0 saturated heterocycles. The van der Waals surface area contributed by atoms with Gasteiger partial charge in [0.25, 0.3) is 0 Å². The van der Waals surface area contributed by atoms with Crippen LogP contribution in [0.5, 0.6) is 0 Å². The molecule has 0 rings (SSSR count). The molecule has 4 heteroatoms. The molecule has 3 nitrogen and oxygen atoms in total. The topological polar surface area (TPSA) is 49.3 Å². The second-order valence-electron chi connectivity index (χ2n) is 3.01. The van der Waals surface area contributed by atoms with Crippen molar-refractivity contribution < 1.29 is 9.90 Å². The number of carboxylic acid groups (broad SMARTS) is 1. The number of carbonyl (C=O) groups is 1.